The van der Waals surface area contributed by atoms with Gasteiger partial charge in [0.2, 0.25) is 0 Å². The number of amides is 1. The van der Waals surface area contributed by atoms with Crippen molar-refractivity contribution >= 4 is 78.3 Å². The van der Waals surface area contributed by atoms with Crippen LogP contribution in [0.3, 0.4) is 0 Å². The van der Waals surface area contributed by atoms with E-state index in [0.29, 0.717) is 22.7 Å². The van der Waals surface area contributed by atoms with Crippen LogP contribution in [0.4, 0.5) is 0 Å². The number of rotatable bonds is 9. The second-order valence-electron chi connectivity index (χ2n) is 8.47. The van der Waals surface area contributed by atoms with Gasteiger partial charge in [-0.3, -0.25) is 4.79 Å². The molecule has 0 spiro atoms. The second-order valence-corrected chi connectivity index (χ2v) is 12.9. The number of fused-ring (bicyclic) bond motifs is 1. The SMILES string of the molecule is O=C(COc1ccc(C2SCCS2)cc1)N/N=C\c1cc(Br)c(OCc2cccc3ccccc23)c(Br)c1. The lowest BCUT2D eigenvalue weighted by Crippen LogP contribution is -2.24. The zero-order chi connectivity index (χ0) is 26.3. The molecule has 4 aromatic rings. The zero-order valence-electron chi connectivity index (χ0n) is 20.2. The molecule has 1 N–H and O–H groups in total. The molecule has 1 aliphatic heterocycles. The van der Waals surface area contributed by atoms with Gasteiger partial charge in [0.05, 0.1) is 19.7 Å². The molecule has 4 aromatic carbocycles. The Labute approximate surface area is 247 Å². The van der Waals surface area contributed by atoms with Crippen molar-refractivity contribution in [2.24, 2.45) is 5.10 Å². The van der Waals surface area contributed by atoms with Gasteiger partial charge in [-0.15, -0.1) is 23.5 Å². The highest BCUT2D eigenvalue weighted by Gasteiger charge is 2.18. The number of hydrogen-bond acceptors (Lipinski definition) is 6. The standard InChI is InChI=1S/C29H24Br2N2O3S2/c30-25-14-19(15-26(31)28(25)36-17-22-6-3-5-20-4-1-2-7-24(20)22)16-32-33-27(34)18-35-23-10-8-21(9-11-23)29-37-12-13-38-29/h1-11,14-16,29H,12-13,17-18H2,(H,33,34)/b32-16-. The van der Waals surface area contributed by atoms with Crippen LogP contribution in [-0.4, -0.2) is 30.2 Å². The van der Waals surface area contributed by atoms with Gasteiger partial charge in [-0.2, -0.15) is 5.10 Å². The first kappa shape index (κ1) is 27.1. The van der Waals surface area contributed by atoms with Crippen molar-refractivity contribution in [3.05, 3.63) is 104 Å². The first-order valence-electron chi connectivity index (χ1n) is 11.9. The molecule has 1 amide bonds. The number of hydrazone groups is 1. The Morgan fingerprint density at radius 3 is 2.42 bits per heavy atom. The van der Waals surface area contributed by atoms with E-state index in [4.69, 9.17) is 9.47 Å². The molecule has 0 aromatic heterocycles. The fourth-order valence-electron chi connectivity index (χ4n) is 3.99. The van der Waals surface area contributed by atoms with E-state index in [1.807, 2.05) is 66.0 Å². The third kappa shape index (κ3) is 6.94. The molecule has 5 nitrogen and oxygen atoms in total. The lowest BCUT2D eigenvalue weighted by atomic mass is 10.1. The van der Waals surface area contributed by atoms with E-state index in [-0.39, 0.29) is 12.5 Å². The highest BCUT2D eigenvalue weighted by molar-refractivity contribution is 9.11. The zero-order valence-corrected chi connectivity index (χ0v) is 25.0. The monoisotopic (exact) mass is 670 g/mol. The minimum atomic E-state index is -0.333. The molecule has 1 saturated heterocycles. The van der Waals surface area contributed by atoms with Crippen molar-refractivity contribution in [3.63, 3.8) is 0 Å². The van der Waals surface area contributed by atoms with Gasteiger partial charge in [-0.1, -0.05) is 54.6 Å². The summed E-state index contributed by atoms with van der Waals surface area (Å²) in [4.78, 5) is 12.2. The van der Waals surface area contributed by atoms with Crippen LogP contribution in [0.1, 0.15) is 21.3 Å². The summed E-state index contributed by atoms with van der Waals surface area (Å²) < 4.78 is 13.8. The molecule has 1 fully saturated rings. The molecular formula is C29H24Br2N2O3S2. The van der Waals surface area contributed by atoms with Gasteiger partial charge in [0, 0.05) is 11.5 Å². The van der Waals surface area contributed by atoms with Crippen molar-refractivity contribution in [1.82, 2.24) is 5.43 Å². The summed E-state index contributed by atoms with van der Waals surface area (Å²) in [6.45, 7) is 0.321. The Morgan fingerprint density at radius 1 is 0.947 bits per heavy atom. The van der Waals surface area contributed by atoms with Crippen LogP contribution >= 0.6 is 55.4 Å². The van der Waals surface area contributed by atoms with Crippen LogP contribution < -0.4 is 14.9 Å². The van der Waals surface area contributed by atoms with Crippen molar-refractivity contribution in [2.75, 3.05) is 18.1 Å². The van der Waals surface area contributed by atoms with Crippen molar-refractivity contribution in [3.8, 4) is 11.5 Å². The summed E-state index contributed by atoms with van der Waals surface area (Å²) in [7, 11) is 0. The Balaban J connectivity index is 1.13. The molecule has 38 heavy (non-hydrogen) atoms. The number of halogens is 2. The fourth-order valence-corrected chi connectivity index (χ4v) is 8.30. The number of nitrogens with one attached hydrogen (secondary N) is 1. The molecule has 1 heterocycles. The van der Waals surface area contributed by atoms with Crippen molar-refractivity contribution in [1.29, 1.82) is 0 Å². The Morgan fingerprint density at radius 2 is 1.66 bits per heavy atom. The predicted molar refractivity (Wildman–Crippen MR) is 165 cm³/mol. The molecule has 1 aliphatic rings. The summed E-state index contributed by atoms with van der Waals surface area (Å²) in [5, 5.41) is 6.42. The fraction of sp³-hybridized carbons (Fsp3) is 0.172. The molecule has 0 atom stereocenters. The highest BCUT2D eigenvalue weighted by atomic mass is 79.9. The quantitative estimate of drug-likeness (QED) is 0.145. The number of benzene rings is 4. The minimum Gasteiger partial charge on any atom is -0.487 e. The van der Waals surface area contributed by atoms with E-state index in [1.165, 1.54) is 27.8 Å². The Hall–Kier alpha value is -2.46. The second kappa shape index (κ2) is 13.1. The topological polar surface area (TPSA) is 59.9 Å². The van der Waals surface area contributed by atoms with Crippen LogP contribution in [0.25, 0.3) is 10.8 Å². The molecule has 0 unspecified atom stereocenters. The number of carbonyl (C=O) groups is 1. The van der Waals surface area contributed by atoms with Crippen LogP contribution in [-0.2, 0) is 11.4 Å². The summed E-state index contributed by atoms with van der Waals surface area (Å²) in [5.41, 5.74) is 5.69. The average molecular weight is 672 g/mol. The maximum atomic E-state index is 12.2. The lowest BCUT2D eigenvalue weighted by Gasteiger charge is -2.13. The molecule has 0 aliphatic carbocycles. The molecular weight excluding hydrogens is 648 g/mol. The van der Waals surface area contributed by atoms with Gasteiger partial charge in [-0.25, -0.2) is 5.43 Å². The van der Waals surface area contributed by atoms with Crippen LogP contribution in [0.15, 0.2) is 92.9 Å². The lowest BCUT2D eigenvalue weighted by molar-refractivity contribution is -0.123. The van der Waals surface area contributed by atoms with E-state index < -0.39 is 0 Å². The molecule has 9 heteroatoms. The average Bonchev–Trinajstić information content (AvgIpc) is 3.47. The Bertz CT molecular complexity index is 1430. The van der Waals surface area contributed by atoms with E-state index >= 15 is 0 Å². The summed E-state index contributed by atoms with van der Waals surface area (Å²) in [5.74, 6) is 3.40. The van der Waals surface area contributed by atoms with Crippen LogP contribution in [0.5, 0.6) is 11.5 Å². The number of ether oxygens (including phenoxy) is 2. The molecule has 0 bridgehead atoms. The minimum absolute atomic E-state index is 0.113. The number of thioether (sulfide) groups is 2. The molecule has 5 rings (SSSR count). The molecule has 0 saturated carbocycles. The van der Waals surface area contributed by atoms with Crippen molar-refractivity contribution in [2.45, 2.75) is 11.2 Å². The maximum Gasteiger partial charge on any atom is 0.277 e. The third-order valence-electron chi connectivity index (χ3n) is 5.82. The normalized spacial score (nSPS) is 13.7. The van der Waals surface area contributed by atoms with Gasteiger partial charge in [0.15, 0.2) is 6.61 Å². The summed E-state index contributed by atoms with van der Waals surface area (Å²) in [6, 6.07) is 26.2. The van der Waals surface area contributed by atoms with Gasteiger partial charge in [0.25, 0.3) is 5.91 Å². The van der Waals surface area contributed by atoms with E-state index in [0.717, 1.165) is 20.1 Å². The van der Waals surface area contributed by atoms with Crippen LogP contribution in [0.2, 0.25) is 0 Å². The predicted octanol–water partition coefficient (Wildman–Crippen LogP) is 7.95. The highest BCUT2D eigenvalue weighted by Crippen LogP contribution is 2.45. The van der Waals surface area contributed by atoms with Gasteiger partial charge in [0.1, 0.15) is 18.1 Å². The van der Waals surface area contributed by atoms with E-state index in [9.17, 15) is 4.79 Å². The Kier molecular flexibility index (Phi) is 9.32. The molecule has 0 radical (unpaired) electrons. The van der Waals surface area contributed by atoms with E-state index in [1.54, 1.807) is 6.21 Å². The third-order valence-corrected chi connectivity index (χ3v) is 10.1. The van der Waals surface area contributed by atoms with Crippen LogP contribution in [0, 0.1) is 0 Å². The summed E-state index contributed by atoms with van der Waals surface area (Å²) >= 11 is 11.1. The maximum absolute atomic E-state index is 12.2. The molecule has 194 valence electrons. The first-order valence-corrected chi connectivity index (χ1v) is 15.6. The number of carbonyl (C=O) groups excluding carboxylic acids is 1. The van der Waals surface area contributed by atoms with Gasteiger partial charge >= 0.3 is 0 Å². The van der Waals surface area contributed by atoms with Gasteiger partial charge in [-0.05, 0) is 83.6 Å². The van der Waals surface area contributed by atoms with Gasteiger partial charge < -0.3 is 9.47 Å². The largest absolute Gasteiger partial charge is 0.487 e. The number of hydrogen-bond donors (Lipinski definition) is 1. The first-order chi connectivity index (χ1) is 18.6. The number of nitrogens with zero attached hydrogens (tertiary/aromatic N) is 1. The smallest absolute Gasteiger partial charge is 0.277 e. The van der Waals surface area contributed by atoms with Crippen molar-refractivity contribution < 1.29 is 14.3 Å². The van der Waals surface area contributed by atoms with E-state index in [2.05, 4.69) is 78.8 Å². The summed E-state index contributed by atoms with van der Waals surface area (Å²) in [6.07, 6.45) is 1.58.